The molecule has 1 rings (SSSR count). The number of aromatic nitrogens is 2. The van der Waals surface area contributed by atoms with Gasteiger partial charge in [-0.25, -0.2) is 9.13 Å². The lowest BCUT2D eigenvalue weighted by molar-refractivity contribution is -0.696. The summed E-state index contributed by atoms with van der Waals surface area (Å²) in [6, 6.07) is 0. The van der Waals surface area contributed by atoms with Crippen LogP contribution in [0.15, 0.2) is 18.7 Å². The highest BCUT2D eigenvalue weighted by Crippen LogP contribution is 2.24. The minimum absolute atomic E-state index is 0.556. The van der Waals surface area contributed by atoms with Crippen molar-refractivity contribution in [3.8, 4) is 0 Å². The zero-order valence-corrected chi connectivity index (χ0v) is 15.7. The summed E-state index contributed by atoms with van der Waals surface area (Å²) in [6.07, 6.45) is 12.8. The van der Waals surface area contributed by atoms with E-state index in [1.165, 1.54) is 12.8 Å². The van der Waals surface area contributed by atoms with Crippen molar-refractivity contribution in [3.05, 3.63) is 18.7 Å². The molecule has 6 heteroatoms. The van der Waals surface area contributed by atoms with Crippen LogP contribution in [-0.2, 0) is 27.2 Å². The molecule has 0 aliphatic heterocycles. The third kappa shape index (κ3) is 13.1. The second-order valence-electron chi connectivity index (χ2n) is 5.32. The van der Waals surface area contributed by atoms with Crippen molar-refractivity contribution in [1.82, 2.24) is 4.57 Å². The van der Waals surface area contributed by atoms with Crippen LogP contribution < -0.4 is 4.57 Å². The van der Waals surface area contributed by atoms with Crippen molar-refractivity contribution >= 4 is 8.25 Å². The standard InChI is InChI=1S/C8H15N2.C8H19O3P/c1-3-4-5-10-7-6-9(2)8-10;1-3-5-7-10-12(9)11-8-6-4-2/h6-8H,3-5H2,1-2H3;12H,3-8H2,1-2H3/q+1;. The summed E-state index contributed by atoms with van der Waals surface area (Å²) in [5.74, 6) is 0. The molecule has 0 amide bonds. The summed E-state index contributed by atoms with van der Waals surface area (Å²) < 4.78 is 25.1. The molecule has 130 valence electrons. The molecule has 0 N–H and O–H groups in total. The second kappa shape index (κ2) is 15.3. The predicted molar refractivity (Wildman–Crippen MR) is 91.2 cm³/mol. The van der Waals surface area contributed by atoms with Crippen LogP contribution >= 0.6 is 8.25 Å². The third-order valence-corrected chi connectivity index (χ3v) is 3.91. The molecule has 0 aliphatic carbocycles. The van der Waals surface area contributed by atoms with Crippen LogP contribution in [0.1, 0.15) is 59.3 Å². The van der Waals surface area contributed by atoms with Crippen molar-refractivity contribution in [1.29, 1.82) is 0 Å². The van der Waals surface area contributed by atoms with E-state index in [1.54, 1.807) is 0 Å². The van der Waals surface area contributed by atoms with Crippen LogP contribution in [0.4, 0.5) is 0 Å². The van der Waals surface area contributed by atoms with Crippen molar-refractivity contribution in [3.63, 3.8) is 0 Å². The Morgan fingerprint density at radius 3 is 1.95 bits per heavy atom. The zero-order valence-electron chi connectivity index (χ0n) is 14.7. The van der Waals surface area contributed by atoms with Crippen molar-refractivity contribution < 1.29 is 18.2 Å². The molecule has 0 saturated heterocycles. The number of imidazole rings is 1. The summed E-state index contributed by atoms with van der Waals surface area (Å²) in [6.45, 7) is 8.61. The number of aryl methyl sites for hydroxylation is 2. The van der Waals surface area contributed by atoms with E-state index in [9.17, 15) is 4.57 Å². The van der Waals surface area contributed by atoms with Gasteiger partial charge >= 0.3 is 8.25 Å². The molecule has 0 aromatic carbocycles. The molecule has 0 spiro atoms. The Balaban J connectivity index is 0.000000406. The minimum atomic E-state index is -2.18. The van der Waals surface area contributed by atoms with Gasteiger partial charge in [-0.05, 0) is 19.3 Å². The molecule has 1 heterocycles. The van der Waals surface area contributed by atoms with Crippen LogP contribution in [0.2, 0.25) is 0 Å². The Morgan fingerprint density at radius 2 is 1.55 bits per heavy atom. The largest absolute Gasteiger partial charge is 0.319 e. The fraction of sp³-hybridized carbons (Fsp3) is 0.812. The lowest BCUT2D eigenvalue weighted by Gasteiger charge is -2.03. The maximum atomic E-state index is 10.9. The first kappa shape index (κ1) is 21.4. The van der Waals surface area contributed by atoms with E-state index in [4.69, 9.17) is 9.05 Å². The van der Waals surface area contributed by atoms with Crippen molar-refractivity contribution in [2.45, 2.75) is 65.8 Å². The molecule has 0 bridgehead atoms. The van der Waals surface area contributed by atoms with Gasteiger partial charge in [-0.1, -0.05) is 40.0 Å². The average Bonchev–Trinajstić information content (AvgIpc) is 2.92. The van der Waals surface area contributed by atoms with E-state index in [2.05, 4.69) is 48.6 Å². The van der Waals surface area contributed by atoms with Gasteiger partial charge in [0.2, 0.25) is 6.33 Å². The fourth-order valence-electron chi connectivity index (χ4n) is 1.62. The first-order valence-corrected chi connectivity index (χ1v) is 9.67. The molecule has 0 atom stereocenters. The Bertz CT molecular complexity index is 371. The van der Waals surface area contributed by atoms with Crippen LogP contribution in [0.25, 0.3) is 0 Å². The Kier molecular flexibility index (Phi) is 14.8. The lowest BCUT2D eigenvalue weighted by atomic mass is 10.3. The average molecular weight is 333 g/mol. The first-order chi connectivity index (χ1) is 10.6. The van der Waals surface area contributed by atoms with Gasteiger partial charge in [0.05, 0.1) is 26.8 Å². The number of hydrogen-bond acceptors (Lipinski definition) is 3. The monoisotopic (exact) mass is 333 g/mol. The van der Waals surface area contributed by atoms with E-state index < -0.39 is 8.25 Å². The van der Waals surface area contributed by atoms with Crippen molar-refractivity contribution in [2.24, 2.45) is 7.05 Å². The summed E-state index contributed by atoms with van der Waals surface area (Å²) in [5, 5.41) is 0. The molecular weight excluding hydrogens is 299 g/mol. The van der Waals surface area contributed by atoms with Gasteiger partial charge in [-0.3, -0.25) is 4.57 Å². The van der Waals surface area contributed by atoms with E-state index in [0.717, 1.165) is 32.2 Å². The van der Waals surface area contributed by atoms with Crippen LogP contribution in [0, 0.1) is 0 Å². The zero-order chi connectivity index (χ0) is 16.6. The van der Waals surface area contributed by atoms with Gasteiger partial charge in [0.15, 0.2) is 0 Å². The molecule has 0 fully saturated rings. The maximum Gasteiger partial charge on any atom is 0.319 e. The highest BCUT2D eigenvalue weighted by Gasteiger charge is 1.97. The second-order valence-corrected chi connectivity index (χ2v) is 6.40. The summed E-state index contributed by atoms with van der Waals surface area (Å²) in [7, 11) is -0.140. The number of rotatable bonds is 11. The Hall–Kier alpha value is -0.640. The van der Waals surface area contributed by atoms with E-state index >= 15 is 0 Å². The van der Waals surface area contributed by atoms with Crippen LogP contribution in [0.5, 0.6) is 0 Å². The molecule has 0 unspecified atom stereocenters. The molecule has 1 aromatic rings. The molecular formula is C16H34N2O3P+. The van der Waals surface area contributed by atoms with Crippen LogP contribution in [0.3, 0.4) is 0 Å². The minimum Gasteiger partial charge on any atom is -0.311 e. The Morgan fingerprint density at radius 1 is 1.00 bits per heavy atom. The highest BCUT2D eigenvalue weighted by molar-refractivity contribution is 7.33. The number of unbranched alkanes of at least 4 members (excludes halogenated alkanes) is 3. The molecule has 0 aliphatic rings. The van der Waals surface area contributed by atoms with Gasteiger partial charge < -0.3 is 9.05 Å². The summed E-state index contributed by atoms with van der Waals surface area (Å²) >= 11 is 0. The molecule has 0 radical (unpaired) electrons. The number of hydrogen-bond donors (Lipinski definition) is 0. The molecule has 0 saturated carbocycles. The smallest absolute Gasteiger partial charge is 0.311 e. The quantitative estimate of drug-likeness (QED) is 0.347. The van der Waals surface area contributed by atoms with E-state index in [1.807, 2.05) is 7.05 Å². The van der Waals surface area contributed by atoms with E-state index in [-0.39, 0.29) is 0 Å². The number of nitrogens with zero attached hydrogens (tertiary/aromatic N) is 2. The van der Waals surface area contributed by atoms with Crippen LogP contribution in [-0.4, -0.2) is 17.8 Å². The SMILES string of the molecule is CCCCO[PH](=O)OCCCC.CCCC[n+]1ccn(C)c1. The fourth-order valence-corrected chi connectivity index (χ4v) is 2.32. The predicted octanol–water partition coefficient (Wildman–Crippen LogP) is 4.12. The summed E-state index contributed by atoms with van der Waals surface area (Å²) in [4.78, 5) is 0. The van der Waals surface area contributed by atoms with Gasteiger partial charge in [0, 0.05) is 0 Å². The van der Waals surface area contributed by atoms with Gasteiger partial charge in [0.25, 0.3) is 0 Å². The first-order valence-electron chi connectivity index (χ1n) is 8.44. The van der Waals surface area contributed by atoms with Gasteiger partial charge in [-0.2, -0.15) is 0 Å². The summed E-state index contributed by atoms with van der Waals surface area (Å²) in [5.41, 5.74) is 0. The van der Waals surface area contributed by atoms with E-state index in [0.29, 0.717) is 13.2 Å². The molecule has 1 aromatic heterocycles. The Labute approximate surface area is 136 Å². The molecule has 22 heavy (non-hydrogen) atoms. The normalized spacial score (nSPS) is 10.6. The van der Waals surface area contributed by atoms with Crippen molar-refractivity contribution in [2.75, 3.05) is 13.2 Å². The third-order valence-electron chi connectivity index (χ3n) is 3.03. The topological polar surface area (TPSA) is 44.3 Å². The van der Waals surface area contributed by atoms with Gasteiger partial charge in [-0.15, -0.1) is 0 Å². The lowest BCUT2D eigenvalue weighted by Crippen LogP contribution is -2.30. The highest BCUT2D eigenvalue weighted by atomic mass is 31.1. The maximum absolute atomic E-state index is 10.9. The molecule has 5 nitrogen and oxygen atoms in total. The van der Waals surface area contributed by atoms with Gasteiger partial charge in [0.1, 0.15) is 12.4 Å².